The minimum Gasteiger partial charge on any atom is -0.361 e. The second-order valence-corrected chi connectivity index (χ2v) is 7.37. The van der Waals surface area contributed by atoms with E-state index in [9.17, 15) is 4.79 Å². The number of carbonyl (C=O) groups is 1. The largest absolute Gasteiger partial charge is 0.361 e. The third-order valence-electron chi connectivity index (χ3n) is 5.58. The molecule has 24 heavy (non-hydrogen) atoms. The Bertz CT molecular complexity index is 696. The maximum Gasteiger partial charge on any atom is 0.220 e. The molecule has 0 bridgehead atoms. The maximum atomic E-state index is 12.2. The van der Waals surface area contributed by atoms with Crippen LogP contribution in [-0.4, -0.2) is 41.5 Å². The number of nitrogens with zero attached hydrogens (tertiary/aromatic N) is 1. The maximum absolute atomic E-state index is 12.2. The predicted octanol–water partition coefficient (Wildman–Crippen LogP) is 3.09. The van der Waals surface area contributed by atoms with Gasteiger partial charge in [0.15, 0.2) is 0 Å². The number of para-hydroxylation sites is 1. The molecule has 1 aliphatic heterocycles. The summed E-state index contributed by atoms with van der Waals surface area (Å²) in [6, 6.07) is 9.20. The molecule has 1 aliphatic carbocycles. The summed E-state index contributed by atoms with van der Waals surface area (Å²) in [6.07, 6.45) is 8.80. The highest BCUT2D eigenvalue weighted by Gasteiger charge is 2.32. The van der Waals surface area contributed by atoms with Crippen molar-refractivity contribution < 1.29 is 4.79 Å². The third-order valence-corrected chi connectivity index (χ3v) is 5.58. The van der Waals surface area contributed by atoms with E-state index in [2.05, 4.69) is 39.6 Å². The van der Waals surface area contributed by atoms with Gasteiger partial charge < -0.3 is 15.2 Å². The second-order valence-electron chi connectivity index (χ2n) is 7.37. The Morgan fingerprint density at radius 1 is 1.17 bits per heavy atom. The number of amides is 1. The van der Waals surface area contributed by atoms with E-state index in [1.54, 1.807) is 0 Å². The Morgan fingerprint density at radius 3 is 2.75 bits per heavy atom. The van der Waals surface area contributed by atoms with Crippen molar-refractivity contribution in [3.63, 3.8) is 0 Å². The fourth-order valence-corrected chi connectivity index (χ4v) is 3.97. The van der Waals surface area contributed by atoms with E-state index in [0.29, 0.717) is 12.3 Å². The molecular weight excluding hydrogens is 298 g/mol. The molecule has 1 amide bonds. The molecule has 1 saturated heterocycles. The van der Waals surface area contributed by atoms with E-state index < -0.39 is 0 Å². The topological polar surface area (TPSA) is 48.1 Å². The van der Waals surface area contributed by atoms with Crippen LogP contribution in [0.5, 0.6) is 0 Å². The summed E-state index contributed by atoms with van der Waals surface area (Å²) in [5.41, 5.74) is 2.45. The summed E-state index contributed by atoms with van der Waals surface area (Å²) < 4.78 is 0. The molecule has 2 heterocycles. The lowest BCUT2D eigenvalue weighted by Gasteiger charge is -2.31. The number of H-pyrrole nitrogens is 1. The van der Waals surface area contributed by atoms with Crippen molar-refractivity contribution in [2.75, 3.05) is 19.6 Å². The Hall–Kier alpha value is -1.81. The van der Waals surface area contributed by atoms with E-state index in [0.717, 1.165) is 19.0 Å². The van der Waals surface area contributed by atoms with Crippen LogP contribution in [-0.2, 0) is 11.2 Å². The summed E-state index contributed by atoms with van der Waals surface area (Å²) in [7, 11) is 0. The summed E-state index contributed by atoms with van der Waals surface area (Å²) in [4.78, 5) is 18.1. The molecule has 128 valence electrons. The number of carbonyl (C=O) groups excluding carboxylic acids is 1. The van der Waals surface area contributed by atoms with Gasteiger partial charge in [-0.25, -0.2) is 0 Å². The first-order valence-electron chi connectivity index (χ1n) is 9.35. The molecule has 2 aliphatic rings. The number of likely N-dealkylation sites (tertiary alicyclic amines) is 1. The number of piperidine rings is 1. The molecule has 0 atom stereocenters. The van der Waals surface area contributed by atoms with Gasteiger partial charge in [-0.05, 0) is 62.7 Å². The Balaban J connectivity index is 1.19. The average Bonchev–Trinajstić information content (AvgIpc) is 3.37. The SMILES string of the molecule is O=C(CC1CCN(C2CC2)CC1)NCCc1c[nH]c2ccccc12. The number of fused-ring (bicyclic) bond motifs is 1. The second kappa shape index (κ2) is 6.98. The molecule has 1 saturated carbocycles. The number of benzene rings is 1. The smallest absolute Gasteiger partial charge is 0.220 e. The molecule has 4 heteroatoms. The van der Waals surface area contributed by atoms with Crippen LogP contribution in [0.15, 0.2) is 30.5 Å². The normalized spacial score (nSPS) is 19.7. The van der Waals surface area contributed by atoms with Gasteiger partial charge in [0.05, 0.1) is 0 Å². The van der Waals surface area contributed by atoms with E-state index in [1.165, 1.54) is 55.2 Å². The molecule has 0 radical (unpaired) electrons. The highest BCUT2D eigenvalue weighted by molar-refractivity contribution is 5.83. The van der Waals surface area contributed by atoms with Crippen LogP contribution >= 0.6 is 0 Å². The number of rotatable bonds is 6. The lowest BCUT2D eigenvalue weighted by atomic mass is 9.93. The molecule has 0 unspecified atom stereocenters. The molecule has 2 fully saturated rings. The Kier molecular flexibility index (Phi) is 4.56. The fourth-order valence-electron chi connectivity index (χ4n) is 3.97. The number of aromatic amines is 1. The van der Waals surface area contributed by atoms with Crippen molar-refractivity contribution in [2.45, 2.75) is 44.6 Å². The third kappa shape index (κ3) is 3.64. The van der Waals surface area contributed by atoms with Crippen LogP contribution in [0.2, 0.25) is 0 Å². The molecule has 4 nitrogen and oxygen atoms in total. The van der Waals surface area contributed by atoms with E-state index >= 15 is 0 Å². The van der Waals surface area contributed by atoms with Crippen molar-refractivity contribution in [1.29, 1.82) is 0 Å². The van der Waals surface area contributed by atoms with Crippen LogP contribution in [0, 0.1) is 5.92 Å². The van der Waals surface area contributed by atoms with Crippen LogP contribution in [0.3, 0.4) is 0 Å². The summed E-state index contributed by atoms with van der Waals surface area (Å²) >= 11 is 0. The van der Waals surface area contributed by atoms with Crippen LogP contribution in [0.25, 0.3) is 10.9 Å². The number of hydrogen-bond acceptors (Lipinski definition) is 2. The quantitative estimate of drug-likeness (QED) is 0.857. The first kappa shape index (κ1) is 15.7. The van der Waals surface area contributed by atoms with Gasteiger partial charge in [-0.1, -0.05) is 18.2 Å². The Labute approximate surface area is 143 Å². The summed E-state index contributed by atoms with van der Waals surface area (Å²) in [5.74, 6) is 0.799. The van der Waals surface area contributed by atoms with E-state index in [-0.39, 0.29) is 5.91 Å². The molecule has 4 rings (SSSR count). The Morgan fingerprint density at radius 2 is 1.96 bits per heavy atom. The lowest BCUT2D eigenvalue weighted by Crippen LogP contribution is -2.37. The number of hydrogen-bond donors (Lipinski definition) is 2. The molecular formula is C20H27N3O. The lowest BCUT2D eigenvalue weighted by molar-refractivity contribution is -0.122. The van der Waals surface area contributed by atoms with Gasteiger partial charge in [-0.15, -0.1) is 0 Å². The van der Waals surface area contributed by atoms with Crippen LogP contribution in [0.4, 0.5) is 0 Å². The van der Waals surface area contributed by atoms with Crippen molar-refractivity contribution in [3.8, 4) is 0 Å². The first-order valence-corrected chi connectivity index (χ1v) is 9.35. The van der Waals surface area contributed by atoms with E-state index in [4.69, 9.17) is 0 Å². The van der Waals surface area contributed by atoms with E-state index in [1.807, 2.05) is 6.07 Å². The van der Waals surface area contributed by atoms with Crippen LogP contribution < -0.4 is 5.32 Å². The summed E-state index contributed by atoms with van der Waals surface area (Å²) in [5, 5.41) is 4.38. The van der Waals surface area contributed by atoms with Crippen LogP contribution in [0.1, 0.15) is 37.7 Å². The van der Waals surface area contributed by atoms with Gasteiger partial charge in [0.2, 0.25) is 5.91 Å². The first-order chi connectivity index (χ1) is 11.8. The number of aromatic nitrogens is 1. The van der Waals surface area contributed by atoms with Gasteiger partial charge in [0, 0.05) is 36.1 Å². The molecule has 2 aromatic rings. The van der Waals surface area contributed by atoms with Crippen molar-refractivity contribution in [1.82, 2.24) is 15.2 Å². The zero-order chi connectivity index (χ0) is 16.4. The van der Waals surface area contributed by atoms with Crippen molar-refractivity contribution in [2.24, 2.45) is 5.92 Å². The number of nitrogens with one attached hydrogen (secondary N) is 2. The standard InChI is InChI=1S/C20H27N3O/c24-20(13-15-8-11-23(12-9-15)17-5-6-17)21-10-7-16-14-22-19-4-2-1-3-18(16)19/h1-4,14-15,17,22H,5-13H2,(H,21,24). The van der Waals surface area contributed by atoms with Gasteiger partial charge in [-0.2, -0.15) is 0 Å². The highest BCUT2D eigenvalue weighted by Crippen LogP contribution is 2.31. The summed E-state index contributed by atoms with van der Waals surface area (Å²) in [6.45, 7) is 3.11. The van der Waals surface area contributed by atoms with Gasteiger partial charge in [0.1, 0.15) is 0 Å². The van der Waals surface area contributed by atoms with Gasteiger partial charge in [-0.3, -0.25) is 4.79 Å². The minimum absolute atomic E-state index is 0.222. The minimum atomic E-state index is 0.222. The average molecular weight is 325 g/mol. The molecule has 0 spiro atoms. The van der Waals surface area contributed by atoms with Crippen molar-refractivity contribution in [3.05, 3.63) is 36.0 Å². The zero-order valence-corrected chi connectivity index (χ0v) is 14.3. The molecule has 2 N–H and O–H groups in total. The van der Waals surface area contributed by atoms with Gasteiger partial charge >= 0.3 is 0 Å². The monoisotopic (exact) mass is 325 g/mol. The fraction of sp³-hybridized carbons (Fsp3) is 0.550. The zero-order valence-electron chi connectivity index (χ0n) is 14.3. The predicted molar refractivity (Wildman–Crippen MR) is 96.9 cm³/mol. The van der Waals surface area contributed by atoms with Crippen molar-refractivity contribution >= 4 is 16.8 Å². The molecule has 1 aromatic carbocycles. The highest BCUT2D eigenvalue weighted by atomic mass is 16.1. The van der Waals surface area contributed by atoms with Gasteiger partial charge in [0.25, 0.3) is 0 Å². The molecule has 1 aromatic heterocycles.